The predicted octanol–water partition coefficient (Wildman–Crippen LogP) is 2.00. The number of nitrogens with zero attached hydrogens (tertiary/aromatic N) is 2. The van der Waals surface area contributed by atoms with E-state index in [2.05, 4.69) is 4.98 Å². The fourth-order valence-electron chi connectivity index (χ4n) is 0.954. The molecule has 0 bridgehead atoms. The van der Waals surface area contributed by atoms with Gasteiger partial charge in [0, 0.05) is 17.8 Å². The van der Waals surface area contributed by atoms with Crippen LogP contribution in [0, 0.1) is 5.82 Å². The molecule has 14 heavy (non-hydrogen) atoms. The number of pyridine rings is 1. The lowest BCUT2D eigenvalue weighted by Crippen LogP contribution is -2.01. The summed E-state index contributed by atoms with van der Waals surface area (Å²) in [5.41, 5.74) is 6.83. The normalized spacial score (nSPS) is 11.9. The highest BCUT2D eigenvalue weighted by Gasteiger charge is 1.99. The summed E-state index contributed by atoms with van der Waals surface area (Å²) >= 11 is 1.53. The van der Waals surface area contributed by atoms with Crippen molar-refractivity contribution in [2.24, 2.45) is 5.73 Å². The van der Waals surface area contributed by atoms with Crippen LogP contribution in [0.3, 0.4) is 0 Å². The highest BCUT2D eigenvalue weighted by atomic mass is 32.1. The Balaban J connectivity index is 2.25. The first-order chi connectivity index (χ1) is 6.75. The van der Waals surface area contributed by atoms with Crippen molar-refractivity contribution in [2.75, 3.05) is 0 Å². The molecule has 2 N–H and O–H groups in total. The molecular weight excluding hydrogens is 201 g/mol. The van der Waals surface area contributed by atoms with Crippen molar-refractivity contribution in [3.63, 3.8) is 0 Å². The van der Waals surface area contributed by atoms with Gasteiger partial charge in [0.25, 0.3) is 0 Å². The van der Waals surface area contributed by atoms with Crippen LogP contribution in [0.15, 0.2) is 29.9 Å². The zero-order valence-electron chi connectivity index (χ0n) is 7.22. The summed E-state index contributed by atoms with van der Waals surface area (Å²) in [5, 5.41) is 1.93. The Morgan fingerprint density at radius 2 is 2.36 bits per heavy atom. The lowest BCUT2D eigenvalue weighted by molar-refractivity contribution is 0.621. The van der Waals surface area contributed by atoms with E-state index in [4.69, 9.17) is 5.73 Å². The van der Waals surface area contributed by atoms with Crippen LogP contribution < -0.4 is 5.73 Å². The van der Waals surface area contributed by atoms with E-state index in [1.807, 2.05) is 15.5 Å². The fourth-order valence-corrected chi connectivity index (χ4v) is 1.39. The van der Waals surface area contributed by atoms with E-state index in [-0.39, 0.29) is 5.82 Å². The number of hydrogen-bond donors (Lipinski definition) is 1. The van der Waals surface area contributed by atoms with Crippen molar-refractivity contribution in [3.8, 4) is 0 Å². The number of halogens is 1. The standard InChI is InChI=1S/C9H8FN3S/c10-7-1-2-9(12-5-7)8(11)6-13-3-4-14-13/h1-6H,11H2/b8-6-. The Labute approximate surface area is 84.5 Å². The van der Waals surface area contributed by atoms with Gasteiger partial charge >= 0.3 is 0 Å². The minimum atomic E-state index is -0.361. The fraction of sp³-hybridized carbons (Fsp3) is 0. The van der Waals surface area contributed by atoms with E-state index in [1.165, 1.54) is 17.6 Å². The van der Waals surface area contributed by atoms with Gasteiger partial charge < -0.3 is 5.73 Å². The minimum absolute atomic E-state index is 0.361. The number of aromatic nitrogens is 2. The van der Waals surface area contributed by atoms with Crippen LogP contribution >= 0.6 is 11.5 Å². The molecule has 0 radical (unpaired) electrons. The average Bonchev–Trinajstić information content (AvgIpc) is 2.12. The van der Waals surface area contributed by atoms with Crippen LogP contribution in [0.25, 0.3) is 11.9 Å². The number of rotatable bonds is 2. The highest BCUT2D eigenvalue weighted by Crippen LogP contribution is 2.10. The topological polar surface area (TPSA) is 43.8 Å². The van der Waals surface area contributed by atoms with Crippen LogP contribution in [-0.4, -0.2) is 8.94 Å². The molecule has 5 heteroatoms. The molecule has 0 saturated heterocycles. The van der Waals surface area contributed by atoms with Crippen molar-refractivity contribution in [1.29, 1.82) is 0 Å². The highest BCUT2D eigenvalue weighted by molar-refractivity contribution is 7.05. The van der Waals surface area contributed by atoms with Gasteiger partial charge in [0.05, 0.1) is 17.6 Å². The Hall–Kier alpha value is -1.62. The molecule has 3 nitrogen and oxygen atoms in total. The van der Waals surface area contributed by atoms with Gasteiger partial charge in [-0.15, -0.1) is 0 Å². The van der Waals surface area contributed by atoms with Crippen molar-refractivity contribution in [3.05, 3.63) is 41.4 Å². The average molecular weight is 209 g/mol. The van der Waals surface area contributed by atoms with Gasteiger partial charge in [-0.25, -0.2) is 4.39 Å². The molecule has 2 rings (SSSR count). The van der Waals surface area contributed by atoms with Crippen LogP contribution in [0.2, 0.25) is 0 Å². The van der Waals surface area contributed by atoms with Crippen molar-refractivity contribution in [2.45, 2.75) is 0 Å². The van der Waals surface area contributed by atoms with E-state index < -0.39 is 0 Å². The molecule has 2 heterocycles. The molecular formula is C9H8FN3S. The number of hydrogen-bond acceptors (Lipinski definition) is 3. The van der Waals surface area contributed by atoms with Crippen LogP contribution in [0.4, 0.5) is 4.39 Å². The second-order valence-electron chi connectivity index (χ2n) is 2.70. The Bertz CT molecular complexity index is 432. The molecule has 0 fully saturated rings. The van der Waals surface area contributed by atoms with Crippen LogP contribution in [-0.2, 0) is 0 Å². The SMILES string of the molecule is N/C(=C\n1ccs1)c1ccc(F)cn1. The molecule has 2 aromatic heterocycles. The third-order valence-corrected chi connectivity index (χ3v) is 2.39. The first-order valence-electron chi connectivity index (χ1n) is 3.97. The van der Waals surface area contributed by atoms with E-state index in [1.54, 1.807) is 12.3 Å². The van der Waals surface area contributed by atoms with Gasteiger partial charge in [-0.2, -0.15) is 0 Å². The van der Waals surface area contributed by atoms with E-state index in [0.717, 1.165) is 6.20 Å². The van der Waals surface area contributed by atoms with Gasteiger partial charge in [0.1, 0.15) is 5.82 Å². The largest absolute Gasteiger partial charge is 0.396 e. The minimum Gasteiger partial charge on any atom is -0.396 e. The third-order valence-electron chi connectivity index (χ3n) is 1.68. The summed E-state index contributed by atoms with van der Waals surface area (Å²) in [5.74, 6) is -0.361. The molecule has 0 aliphatic rings. The maximum absolute atomic E-state index is 12.5. The van der Waals surface area contributed by atoms with Gasteiger partial charge in [-0.3, -0.25) is 8.94 Å². The Morgan fingerprint density at radius 1 is 1.57 bits per heavy atom. The molecule has 2 aromatic rings. The maximum atomic E-state index is 12.5. The van der Waals surface area contributed by atoms with E-state index >= 15 is 0 Å². The molecule has 0 amide bonds. The summed E-state index contributed by atoms with van der Waals surface area (Å²) in [6.07, 6.45) is 4.76. The van der Waals surface area contributed by atoms with E-state index in [9.17, 15) is 4.39 Å². The molecule has 0 aliphatic heterocycles. The molecule has 0 unspecified atom stereocenters. The molecule has 0 aliphatic carbocycles. The van der Waals surface area contributed by atoms with Crippen molar-refractivity contribution >= 4 is 23.4 Å². The zero-order valence-corrected chi connectivity index (χ0v) is 8.04. The second kappa shape index (κ2) is 3.63. The Morgan fingerprint density at radius 3 is 2.86 bits per heavy atom. The maximum Gasteiger partial charge on any atom is 0.141 e. The van der Waals surface area contributed by atoms with Crippen LogP contribution in [0.1, 0.15) is 5.69 Å². The van der Waals surface area contributed by atoms with Gasteiger partial charge in [-0.05, 0) is 12.1 Å². The second-order valence-corrected chi connectivity index (χ2v) is 3.60. The molecule has 0 spiro atoms. The Kier molecular flexibility index (Phi) is 2.32. The van der Waals surface area contributed by atoms with Gasteiger partial charge in [-0.1, -0.05) is 11.5 Å². The first-order valence-corrected chi connectivity index (χ1v) is 4.80. The summed E-state index contributed by atoms with van der Waals surface area (Å²) < 4.78 is 14.4. The molecule has 0 aromatic carbocycles. The predicted molar refractivity (Wildman–Crippen MR) is 54.9 cm³/mol. The molecule has 0 atom stereocenters. The number of nitrogens with two attached hydrogens (primary N) is 1. The zero-order chi connectivity index (χ0) is 9.97. The monoisotopic (exact) mass is 209 g/mol. The summed E-state index contributed by atoms with van der Waals surface area (Å²) in [4.78, 5) is 3.86. The van der Waals surface area contributed by atoms with Crippen molar-refractivity contribution < 1.29 is 4.39 Å². The van der Waals surface area contributed by atoms with Crippen molar-refractivity contribution in [1.82, 2.24) is 8.94 Å². The first kappa shape index (κ1) is 8.96. The van der Waals surface area contributed by atoms with Crippen LogP contribution in [0.5, 0.6) is 0 Å². The summed E-state index contributed by atoms with van der Waals surface area (Å²) in [6.45, 7) is 0. The smallest absolute Gasteiger partial charge is 0.141 e. The van der Waals surface area contributed by atoms with Gasteiger partial charge in [0.15, 0.2) is 0 Å². The third kappa shape index (κ3) is 1.82. The summed E-state index contributed by atoms with van der Waals surface area (Å²) in [6, 6.07) is 2.89. The quantitative estimate of drug-likeness (QED) is 0.822. The molecule has 72 valence electrons. The van der Waals surface area contributed by atoms with Gasteiger partial charge in [0.2, 0.25) is 0 Å². The lowest BCUT2D eigenvalue weighted by atomic mass is 10.3. The molecule has 0 saturated carbocycles. The lowest BCUT2D eigenvalue weighted by Gasteiger charge is -2.03. The summed E-state index contributed by atoms with van der Waals surface area (Å²) in [7, 11) is 0. The van der Waals surface area contributed by atoms with E-state index in [0.29, 0.717) is 11.4 Å².